The van der Waals surface area contributed by atoms with E-state index in [9.17, 15) is 0 Å². The molecule has 3 nitrogen and oxygen atoms in total. The normalized spacial score (nSPS) is 13.5. The van der Waals surface area contributed by atoms with Gasteiger partial charge in [0.15, 0.2) is 0 Å². The average Bonchev–Trinajstić information content (AvgIpc) is 3.56. The first-order valence-corrected chi connectivity index (χ1v) is 17.8. The number of fused-ring (bicyclic) bond motifs is 11. The molecule has 0 unspecified atom stereocenters. The Morgan fingerprint density at radius 3 is 1.75 bits per heavy atom. The summed E-state index contributed by atoms with van der Waals surface area (Å²) < 4.78 is 16.2. The quantitative estimate of drug-likeness (QED) is 0.187. The second-order valence-electron chi connectivity index (χ2n) is 13.6. The summed E-state index contributed by atoms with van der Waals surface area (Å²) in [6.45, 7) is 0. The molecule has 11 rings (SSSR count). The molecule has 3 heterocycles. The molecule has 244 valence electrons. The van der Waals surface area contributed by atoms with Gasteiger partial charge in [-0.1, -0.05) is 146 Å². The van der Waals surface area contributed by atoms with Gasteiger partial charge in [0, 0.05) is 44.3 Å². The lowest BCUT2D eigenvalue weighted by Gasteiger charge is -2.45. The molecule has 0 N–H and O–H groups in total. The van der Waals surface area contributed by atoms with Crippen molar-refractivity contribution in [2.24, 2.45) is 0 Å². The summed E-state index contributed by atoms with van der Waals surface area (Å²) in [5.74, 6) is 3.38. The van der Waals surface area contributed by atoms with E-state index in [4.69, 9.17) is 9.47 Å². The van der Waals surface area contributed by atoms with Gasteiger partial charge in [0.25, 0.3) is 0 Å². The monoisotopic (exact) mass is 665 g/mol. The molecule has 8 aromatic carbocycles. The standard InChI is InChI=1S/C49H31NO2/c1-3-15-32(16-4-1)35-20-14-28-45-47(35)49(39-23-8-11-26-43(39)51-44-27-12-9-24-40(44)49)41-30-29-33(31-46(41)52-45)36-21-13-22-38-37-19-7-10-25-42(37)50(48(36)38)34-17-5-2-6-18-34/h1-31H. The van der Waals surface area contributed by atoms with Crippen LogP contribution in [0, 0.1) is 0 Å². The predicted molar refractivity (Wildman–Crippen MR) is 210 cm³/mol. The Hall–Kier alpha value is -6.84. The molecular weight excluding hydrogens is 635 g/mol. The maximum Gasteiger partial charge on any atom is 0.132 e. The summed E-state index contributed by atoms with van der Waals surface area (Å²) in [5.41, 5.74) is 11.7. The van der Waals surface area contributed by atoms with Gasteiger partial charge in [-0.3, -0.25) is 0 Å². The van der Waals surface area contributed by atoms with Gasteiger partial charge in [-0.05, 0) is 59.2 Å². The van der Waals surface area contributed by atoms with Crippen molar-refractivity contribution < 1.29 is 9.47 Å². The topological polar surface area (TPSA) is 23.4 Å². The molecule has 9 aromatic rings. The van der Waals surface area contributed by atoms with Crippen LogP contribution in [0.25, 0.3) is 49.7 Å². The van der Waals surface area contributed by atoms with Gasteiger partial charge in [0.05, 0.1) is 16.4 Å². The Balaban J connectivity index is 1.23. The van der Waals surface area contributed by atoms with Crippen molar-refractivity contribution in [3.05, 3.63) is 210 Å². The van der Waals surface area contributed by atoms with Crippen molar-refractivity contribution in [3.8, 4) is 50.9 Å². The van der Waals surface area contributed by atoms with Crippen LogP contribution in [0.1, 0.15) is 22.3 Å². The van der Waals surface area contributed by atoms with Crippen LogP contribution in [-0.2, 0) is 5.41 Å². The van der Waals surface area contributed by atoms with Crippen LogP contribution in [0.2, 0.25) is 0 Å². The highest BCUT2D eigenvalue weighted by atomic mass is 16.5. The molecule has 1 spiro atoms. The van der Waals surface area contributed by atoms with E-state index in [2.05, 4.69) is 193 Å². The van der Waals surface area contributed by atoms with E-state index >= 15 is 0 Å². The van der Waals surface area contributed by atoms with E-state index in [1.54, 1.807) is 0 Å². The summed E-state index contributed by atoms with van der Waals surface area (Å²) in [4.78, 5) is 0. The Labute approximate surface area is 301 Å². The molecule has 0 aliphatic carbocycles. The van der Waals surface area contributed by atoms with E-state index in [-0.39, 0.29) is 0 Å². The van der Waals surface area contributed by atoms with Crippen molar-refractivity contribution in [2.45, 2.75) is 5.41 Å². The summed E-state index contributed by atoms with van der Waals surface area (Å²) in [6.07, 6.45) is 0. The molecule has 0 saturated heterocycles. The van der Waals surface area contributed by atoms with Crippen molar-refractivity contribution in [1.82, 2.24) is 4.57 Å². The summed E-state index contributed by atoms with van der Waals surface area (Å²) >= 11 is 0. The Bertz CT molecular complexity index is 2810. The van der Waals surface area contributed by atoms with Crippen LogP contribution < -0.4 is 9.47 Å². The zero-order valence-electron chi connectivity index (χ0n) is 28.2. The lowest BCUT2D eigenvalue weighted by atomic mass is 9.61. The third-order valence-corrected chi connectivity index (χ3v) is 10.9. The van der Waals surface area contributed by atoms with Crippen molar-refractivity contribution in [1.29, 1.82) is 0 Å². The molecule has 0 amide bonds. The lowest BCUT2D eigenvalue weighted by molar-refractivity contribution is 0.400. The SMILES string of the molecule is c1ccc(-c2cccc3c2C2(c4ccccc4Oc4ccccc42)c2ccc(-c4cccc5c6ccccc6n(-c6ccccc6)c45)cc2O3)cc1. The van der Waals surface area contributed by atoms with E-state index in [1.165, 1.54) is 21.8 Å². The van der Waals surface area contributed by atoms with E-state index < -0.39 is 5.41 Å². The molecule has 0 radical (unpaired) electrons. The van der Waals surface area contributed by atoms with Gasteiger partial charge in [0.1, 0.15) is 23.0 Å². The van der Waals surface area contributed by atoms with Crippen LogP contribution in [0.3, 0.4) is 0 Å². The van der Waals surface area contributed by atoms with Crippen LogP contribution in [0.15, 0.2) is 188 Å². The molecule has 2 aliphatic heterocycles. The number of rotatable bonds is 3. The Morgan fingerprint density at radius 2 is 0.962 bits per heavy atom. The van der Waals surface area contributed by atoms with Crippen molar-refractivity contribution >= 4 is 21.8 Å². The molecule has 0 bridgehead atoms. The molecule has 0 saturated carbocycles. The Morgan fingerprint density at radius 1 is 0.385 bits per heavy atom. The van der Waals surface area contributed by atoms with E-state index in [0.717, 1.165) is 73.2 Å². The summed E-state index contributed by atoms with van der Waals surface area (Å²) in [6, 6.07) is 66.9. The lowest BCUT2D eigenvalue weighted by Crippen LogP contribution is -2.37. The molecule has 0 fully saturated rings. The molecule has 0 atom stereocenters. The average molecular weight is 666 g/mol. The maximum atomic E-state index is 7.10. The minimum Gasteiger partial charge on any atom is -0.457 e. The van der Waals surface area contributed by atoms with Crippen LogP contribution >= 0.6 is 0 Å². The number of para-hydroxylation sites is 5. The number of benzene rings is 8. The first kappa shape index (κ1) is 28.9. The minimum atomic E-state index is -0.704. The molecule has 1 aromatic heterocycles. The van der Waals surface area contributed by atoms with Gasteiger partial charge in [-0.2, -0.15) is 0 Å². The number of ether oxygens (including phenoxy) is 2. The second kappa shape index (κ2) is 11.1. The number of hydrogen-bond donors (Lipinski definition) is 0. The van der Waals surface area contributed by atoms with Crippen LogP contribution in [0.4, 0.5) is 0 Å². The number of aromatic nitrogens is 1. The number of nitrogens with zero attached hydrogens (tertiary/aromatic N) is 1. The van der Waals surface area contributed by atoms with Crippen molar-refractivity contribution in [3.63, 3.8) is 0 Å². The highest BCUT2D eigenvalue weighted by Gasteiger charge is 2.51. The Kier molecular flexibility index (Phi) is 6.17. The fraction of sp³-hybridized carbons (Fsp3) is 0.0204. The third-order valence-electron chi connectivity index (χ3n) is 10.9. The first-order chi connectivity index (χ1) is 25.8. The first-order valence-electron chi connectivity index (χ1n) is 17.8. The zero-order valence-corrected chi connectivity index (χ0v) is 28.2. The van der Waals surface area contributed by atoms with E-state index in [0.29, 0.717) is 0 Å². The van der Waals surface area contributed by atoms with E-state index in [1.807, 2.05) is 0 Å². The maximum absolute atomic E-state index is 7.10. The van der Waals surface area contributed by atoms with Gasteiger partial charge in [-0.25, -0.2) is 0 Å². The fourth-order valence-electron chi connectivity index (χ4n) is 8.85. The minimum absolute atomic E-state index is 0.704. The predicted octanol–water partition coefficient (Wildman–Crippen LogP) is 12.7. The summed E-state index contributed by atoms with van der Waals surface area (Å²) in [7, 11) is 0. The largest absolute Gasteiger partial charge is 0.457 e. The molecule has 2 aliphatic rings. The number of hydrogen-bond acceptors (Lipinski definition) is 2. The smallest absolute Gasteiger partial charge is 0.132 e. The van der Waals surface area contributed by atoms with Gasteiger partial charge in [0.2, 0.25) is 0 Å². The fourth-order valence-corrected chi connectivity index (χ4v) is 8.85. The van der Waals surface area contributed by atoms with Gasteiger partial charge >= 0.3 is 0 Å². The van der Waals surface area contributed by atoms with Crippen LogP contribution in [-0.4, -0.2) is 4.57 Å². The molecule has 52 heavy (non-hydrogen) atoms. The molecular formula is C49H31NO2. The molecule has 3 heteroatoms. The van der Waals surface area contributed by atoms with Crippen LogP contribution in [0.5, 0.6) is 23.0 Å². The van der Waals surface area contributed by atoms with Gasteiger partial charge < -0.3 is 14.0 Å². The van der Waals surface area contributed by atoms with Crippen molar-refractivity contribution in [2.75, 3.05) is 0 Å². The van der Waals surface area contributed by atoms with Gasteiger partial charge in [-0.15, -0.1) is 0 Å². The third kappa shape index (κ3) is 3.96. The highest BCUT2D eigenvalue weighted by Crippen LogP contribution is 2.63. The summed E-state index contributed by atoms with van der Waals surface area (Å²) in [5, 5.41) is 2.45. The highest BCUT2D eigenvalue weighted by molar-refractivity contribution is 6.13. The zero-order chi connectivity index (χ0) is 34.2. The second-order valence-corrected chi connectivity index (χ2v) is 13.6.